The van der Waals surface area contributed by atoms with Gasteiger partial charge in [0.15, 0.2) is 11.6 Å². The van der Waals surface area contributed by atoms with Crippen LogP contribution in [0.15, 0.2) is 42.6 Å². The van der Waals surface area contributed by atoms with Gasteiger partial charge in [0.2, 0.25) is 0 Å². The first-order valence-electron chi connectivity index (χ1n) is 6.29. The summed E-state index contributed by atoms with van der Waals surface area (Å²) in [5.41, 5.74) is 2.50. The lowest BCUT2D eigenvalue weighted by molar-refractivity contribution is 0.506. The number of nitrogens with zero attached hydrogens (tertiary/aromatic N) is 1. The summed E-state index contributed by atoms with van der Waals surface area (Å²) in [6, 6.07) is 9.53. The number of anilines is 1. The second-order valence-corrected chi connectivity index (χ2v) is 4.68. The van der Waals surface area contributed by atoms with E-state index in [-0.39, 0.29) is 6.04 Å². The van der Waals surface area contributed by atoms with Crippen molar-refractivity contribution in [3.8, 4) is 0 Å². The first-order chi connectivity index (χ1) is 9.65. The largest absolute Gasteiger partial charge is 0.378 e. The van der Waals surface area contributed by atoms with Crippen LogP contribution in [-0.2, 0) is 0 Å². The molecule has 0 saturated carbocycles. The molecule has 102 valence electrons. The number of nitrogens with one attached hydrogen (secondary N) is 2. The third-order valence-electron chi connectivity index (χ3n) is 3.30. The van der Waals surface area contributed by atoms with Gasteiger partial charge in [-0.05, 0) is 36.8 Å². The predicted molar refractivity (Wildman–Crippen MR) is 74.5 cm³/mol. The van der Waals surface area contributed by atoms with Gasteiger partial charge in [0, 0.05) is 17.1 Å². The summed E-state index contributed by atoms with van der Waals surface area (Å²) in [6.45, 7) is 1.89. The first kappa shape index (κ1) is 12.6. The van der Waals surface area contributed by atoms with Crippen LogP contribution in [0.2, 0.25) is 0 Å². The molecule has 1 atom stereocenters. The van der Waals surface area contributed by atoms with Gasteiger partial charge < -0.3 is 5.32 Å². The highest BCUT2D eigenvalue weighted by molar-refractivity contribution is 5.90. The molecule has 0 bridgehead atoms. The van der Waals surface area contributed by atoms with Gasteiger partial charge in [-0.25, -0.2) is 8.78 Å². The number of hydrogen-bond donors (Lipinski definition) is 2. The lowest BCUT2D eigenvalue weighted by Crippen LogP contribution is -2.07. The number of H-pyrrole nitrogens is 1. The second kappa shape index (κ2) is 4.92. The maximum atomic E-state index is 13.3. The van der Waals surface area contributed by atoms with Crippen LogP contribution < -0.4 is 5.32 Å². The van der Waals surface area contributed by atoms with E-state index in [1.165, 1.54) is 6.07 Å². The lowest BCUT2D eigenvalue weighted by Gasteiger charge is -2.16. The molecule has 3 nitrogen and oxygen atoms in total. The second-order valence-electron chi connectivity index (χ2n) is 4.68. The summed E-state index contributed by atoms with van der Waals surface area (Å²) in [5.74, 6) is -1.67. The minimum absolute atomic E-state index is 0.148. The van der Waals surface area contributed by atoms with E-state index in [1.54, 1.807) is 12.3 Å². The van der Waals surface area contributed by atoms with Gasteiger partial charge in [0.1, 0.15) is 0 Å². The lowest BCUT2D eigenvalue weighted by atomic mass is 10.1. The fourth-order valence-corrected chi connectivity index (χ4v) is 2.19. The maximum Gasteiger partial charge on any atom is 0.159 e. The molecule has 1 unspecified atom stereocenters. The van der Waals surface area contributed by atoms with E-state index >= 15 is 0 Å². The molecule has 1 aromatic heterocycles. The summed E-state index contributed by atoms with van der Waals surface area (Å²) in [4.78, 5) is 0. The van der Waals surface area contributed by atoms with Gasteiger partial charge in [-0.2, -0.15) is 5.10 Å². The fraction of sp³-hybridized carbons (Fsp3) is 0.133. The van der Waals surface area contributed by atoms with E-state index in [1.807, 2.05) is 25.1 Å². The maximum absolute atomic E-state index is 13.3. The normalized spacial score (nSPS) is 12.6. The summed E-state index contributed by atoms with van der Waals surface area (Å²) in [7, 11) is 0. The quantitative estimate of drug-likeness (QED) is 0.756. The third-order valence-corrected chi connectivity index (χ3v) is 3.30. The van der Waals surface area contributed by atoms with E-state index < -0.39 is 11.6 Å². The van der Waals surface area contributed by atoms with Crippen molar-refractivity contribution in [2.24, 2.45) is 0 Å². The number of aromatic amines is 1. The first-order valence-corrected chi connectivity index (χ1v) is 6.29. The molecule has 5 heteroatoms. The molecule has 0 radical (unpaired) electrons. The van der Waals surface area contributed by atoms with E-state index in [0.29, 0.717) is 5.56 Å². The molecule has 0 aliphatic rings. The number of aromatic nitrogens is 2. The van der Waals surface area contributed by atoms with E-state index in [9.17, 15) is 8.78 Å². The Morgan fingerprint density at radius 1 is 1.15 bits per heavy atom. The van der Waals surface area contributed by atoms with Crippen molar-refractivity contribution in [1.29, 1.82) is 0 Å². The zero-order valence-electron chi connectivity index (χ0n) is 10.8. The van der Waals surface area contributed by atoms with Crippen molar-refractivity contribution >= 4 is 16.6 Å². The Morgan fingerprint density at radius 3 is 2.80 bits per heavy atom. The molecule has 2 N–H and O–H groups in total. The highest BCUT2D eigenvalue weighted by Gasteiger charge is 2.11. The van der Waals surface area contributed by atoms with Gasteiger partial charge >= 0.3 is 0 Å². The van der Waals surface area contributed by atoms with Crippen molar-refractivity contribution in [3.63, 3.8) is 0 Å². The monoisotopic (exact) mass is 273 g/mol. The molecule has 1 heterocycles. The Bertz CT molecular complexity index is 752. The van der Waals surface area contributed by atoms with Crippen LogP contribution in [0.5, 0.6) is 0 Å². The van der Waals surface area contributed by atoms with E-state index in [0.717, 1.165) is 22.7 Å². The molecule has 20 heavy (non-hydrogen) atoms. The minimum atomic E-state index is -0.835. The van der Waals surface area contributed by atoms with Gasteiger partial charge in [-0.1, -0.05) is 12.1 Å². The Kier molecular flexibility index (Phi) is 3.10. The van der Waals surface area contributed by atoms with Gasteiger partial charge in [-0.15, -0.1) is 0 Å². The van der Waals surface area contributed by atoms with Crippen LogP contribution in [0.3, 0.4) is 0 Å². The Labute approximate surface area is 114 Å². The van der Waals surface area contributed by atoms with Crippen molar-refractivity contribution in [1.82, 2.24) is 10.2 Å². The number of rotatable bonds is 3. The average Bonchev–Trinajstić information content (AvgIpc) is 2.91. The molecule has 2 aromatic carbocycles. The van der Waals surface area contributed by atoms with Crippen LogP contribution in [0.25, 0.3) is 10.9 Å². The molecular formula is C15H13F2N3. The smallest absolute Gasteiger partial charge is 0.159 e. The average molecular weight is 273 g/mol. The molecule has 0 aliphatic carbocycles. The van der Waals surface area contributed by atoms with Gasteiger partial charge in [-0.3, -0.25) is 5.10 Å². The Balaban J connectivity index is 1.90. The highest BCUT2D eigenvalue weighted by atomic mass is 19.2. The fourth-order valence-electron chi connectivity index (χ4n) is 2.19. The van der Waals surface area contributed by atoms with Crippen LogP contribution >= 0.6 is 0 Å². The number of fused-ring (bicyclic) bond motifs is 1. The SMILES string of the molecule is CC(Nc1cccc2[nH]ncc12)c1ccc(F)c(F)c1. The van der Waals surface area contributed by atoms with Crippen molar-refractivity contribution in [2.75, 3.05) is 5.32 Å². The predicted octanol–water partition coefficient (Wildman–Crippen LogP) is 4.01. The van der Waals surface area contributed by atoms with Gasteiger partial charge in [0.25, 0.3) is 0 Å². The van der Waals surface area contributed by atoms with Crippen molar-refractivity contribution < 1.29 is 8.78 Å². The molecule has 0 saturated heterocycles. The molecule has 0 amide bonds. The summed E-state index contributed by atoms with van der Waals surface area (Å²) < 4.78 is 26.2. The molecule has 3 aromatic rings. The summed E-state index contributed by atoms with van der Waals surface area (Å²) in [5, 5.41) is 11.1. The Morgan fingerprint density at radius 2 is 2.00 bits per heavy atom. The molecule has 0 fully saturated rings. The zero-order chi connectivity index (χ0) is 14.1. The molecular weight excluding hydrogens is 260 g/mol. The standard InChI is InChI=1S/C15H13F2N3/c1-9(10-5-6-12(16)13(17)7-10)19-14-3-2-4-15-11(14)8-18-20-15/h2-9,19H,1H3,(H,18,20). The van der Waals surface area contributed by atoms with E-state index in [4.69, 9.17) is 0 Å². The van der Waals surface area contributed by atoms with Crippen LogP contribution in [0, 0.1) is 11.6 Å². The molecule has 0 aliphatic heterocycles. The number of benzene rings is 2. The van der Waals surface area contributed by atoms with Crippen LogP contribution in [-0.4, -0.2) is 10.2 Å². The van der Waals surface area contributed by atoms with Gasteiger partial charge in [0.05, 0.1) is 11.7 Å². The topological polar surface area (TPSA) is 40.7 Å². The highest BCUT2D eigenvalue weighted by Crippen LogP contribution is 2.26. The molecule has 3 rings (SSSR count). The minimum Gasteiger partial charge on any atom is -0.378 e. The van der Waals surface area contributed by atoms with Crippen molar-refractivity contribution in [3.05, 3.63) is 59.8 Å². The van der Waals surface area contributed by atoms with E-state index in [2.05, 4.69) is 15.5 Å². The molecule has 0 spiro atoms. The van der Waals surface area contributed by atoms with Crippen LogP contribution in [0.1, 0.15) is 18.5 Å². The zero-order valence-corrected chi connectivity index (χ0v) is 10.8. The summed E-state index contributed by atoms with van der Waals surface area (Å²) in [6.07, 6.45) is 1.73. The number of hydrogen-bond acceptors (Lipinski definition) is 2. The van der Waals surface area contributed by atoms with Crippen molar-refractivity contribution in [2.45, 2.75) is 13.0 Å². The van der Waals surface area contributed by atoms with Crippen LogP contribution in [0.4, 0.5) is 14.5 Å². The summed E-state index contributed by atoms with van der Waals surface area (Å²) >= 11 is 0. The third kappa shape index (κ3) is 2.22. The Hall–Kier alpha value is -2.43. The number of halogens is 2.